The average Bonchev–Trinajstić information content (AvgIpc) is 3.50. The number of methoxy groups -OCH3 is 1. The van der Waals surface area contributed by atoms with E-state index in [1.807, 2.05) is 37.5 Å². The number of ether oxygens (including phenoxy) is 2. The van der Waals surface area contributed by atoms with Crippen LogP contribution in [0, 0.1) is 5.92 Å². The van der Waals surface area contributed by atoms with Crippen LogP contribution in [-0.2, 0) is 16.5 Å². The summed E-state index contributed by atoms with van der Waals surface area (Å²) in [5.74, 6) is 0.00870. The average molecular weight is 482 g/mol. The quantitative estimate of drug-likeness (QED) is 0.336. The molecule has 8 heteroatoms. The zero-order valence-electron chi connectivity index (χ0n) is 20.3. The lowest BCUT2D eigenvalue weighted by molar-refractivity contribution is 0.0553. The SMILES string of the molecule is COC(=O)c1ccc2c3ncc(-c4cnnn4C)cc3n(C(c3ccccc3)C3CCOCC3)c2c1. The molecule has 0 aliphatic carbocycles. The minimum absolute atomic E-state index is 0.0460. The summed E-state index contributed by atoms with van der Waals surface area (Å²) in [5.41, 5.74) is 6.42. The molecule has 36 heavy (non-hydrogen) atoms. The Kier molecular flexibility index (Phi) is 5.73. The Bertz CT molecular complexity index is 1550. The summed E-state index contributed by atoms with van der Waals surface area (Å²) in [4.78, 5) is 17.4. The van der Waals surface area contributed by atoms with Crippen molar-refractivity contribution < 1.29 is 14.3 Å². The summed E-state index contributed by atoms with van der Waals surface area (Å²) >= 11 is 0. The molecule has 0 N–H and O–H groups in total. The van der Waals surface area contributed by atoms with Crippen molar-refractivity contribution in [1.82, 2.24) is 24.5 Å². The third kappa shape index (κ3) is 3.74. The van der Waals surface area contributed by atoms with Crippen LogP contribution in [0.15, 0.2) is 67.0 Å². The first-order valence-electron chi connectivity index (χ1n) is 12.2. The molecule has 0 spiro atoms. The van der Waals surface area contributed by atoms with E-state index in [1.54, 1.807) is 10.9 Å². The number of fused-ring (bicyclic) bond motifs is 3. The van der Waals surface area contributed by atoms with Gasteiger partial charge in [-0.25, -0.2) is 9.48 Å². The van der Waals surface area contributed by atoms with Gasteiger partial charge in [0.2, 0.25) is 0 Å². The fourth-order valence-corrected chi connectivity index (χ4v) is 5.45. The lowest BCUT2D eigenvalue weighted by atomic mass is 9.86. The number of carbonyl (C=O) groups is 1. The number of nitrogens with zero attached hydrogens (tertiary/aromatic N) is 5. The largest absolute Gasteiger partial charge is 0.465 e. The van der Waals surface area contributed by atoms with Crippen LogP contribution in [-0.4, -0.2) is 50.8 Å². The minimum atomic E-state index is -0.356. The molecular formula is C28H27N5O3. The van der Waals surface area contributed by atoms with Gasteiger partial charge in [0.15, 0.2) is 0 Å². The number of pyridine rings is 1. The summed E-state index contributed by atoms with van der Waals surface area (Å²) in [6.07, 6.45) is 5.52. The maximum Gasteiger partial charge on any atom is 0.337 e. The van der Waals surface area contributed by atoms with Gasteiger partial charge in [0.05, 0.1) is 47.2 Å². The molecule has 1 saturated heterocycles. The molecule has 5 aromatic rings. The zero-order valence-corrected chi connectivity index (χ0v) is 20.3. The molecular weight excluding hydrogens is 454 g/mol. The Morgan fingerprint density at radius 2 is 1.86 bits per heavy atom. The molecule has 0 radical (unpaired) electrons. The van der Waals surface area contributed by atoms with Crippen LogP contribution >= 0.6 is 0 Å². The molecule has 4 heterocycles. The summed E-state index contributed by atoms with van der Waals surface area (Å²) in [7, 11) is 3.28. The second-order valence-corrected chi connectivity index (χ2v) is 9.23. The number of hydrogen-bond donors (Lipinski definition) is 0. The van der Waals surface area contributed by atoms with Gasteiger partial charge in [-0.15, -0.1) is 5.10 Å². The van der Waals surface area contributed by atoms with Crippen LogP contribution in [0.1, 0.15) is 34.8 Å². The molecule has 1 unspecified atom stereocenters. The predicted molar refractivity (Wildman–Crippen MR) is 137 cm³/mol. The third-order valence-electron chi connectivity index (χ3n) is 7.20. The predicted octanol–water partition coefficient (Wildman–Crippen LogP) is 4.79. The molecule has 1 fully saturated rings. The number of esters is 1. The molecule has 1 atom stereocenters. The molecule has 182 valence electrons. The fourth-order valence-electron chi connectivity index (χ4n) is 5.45. The van der Waals surface area contributed by atoms with Crippen molar-refractivity contribution in [3.05, 3.63) is 78.1 Å². The van der Waals surface area contributed by atoms with Gasteiger partial charge in [0, 0.05) is 37.4 Å². The molecule has 0 bridgehead atoms. The second kappa shape index (κ2) is 9.20. The Morgan fingerprint density at radius 3 is 2.58 bits per heavy atom. The molecule has 1 aliphatic heterocycles. The number of benzene rings is 2. The topological polar surface area (TPSA) is 84.1 Å². The Balaban J connectivity index is 1.68. The zero-order chi connectivity index (χ0) is 24.6. The highest BCUT2D eigenvalue weighted by Gasteiger charge is 2.30. The lowest BCUT2D eigenvalue weighted by Crippen LogP contribution is -2.27. The van der Waals surface area contributed by atoms with E-state index in [2.05, 4.69) is 45.2 Å². The first-order chi connectivity index (χ1) is 17.7. The van der Waals surface area contributed by atoms with Crippen molar-refractivity contribution in [3.8, 4) is 11.3 Å². The van der Waals surface area contributed by atoms with Crippen LogP contribution < -0.4 is 0 Å². The van der Waals surface area contributed by atoms with Crippen molar-refractivity contribution in [2.75, 3.05) is 20.3 Å². The maximum atomic E-state index is 12.5. The summed E-state index contributed by atoms with van der Waals surface area (Å²) in [5, 5.41) is 9.15. The summed E-state index contributed by atoms with van der Waals surface area (Å²) < 4.78 is 14.9. The van der Waals surface area contributed by atoms with Crippen molar-refractivity contribution >= 4 is 27.9 Å². The van der Waals surface area contributed by atoms with Crippen molar-refractivity contribution in [2.24, 2.45) is 13.0 Å². The molecule has 1 aliphatic rings. The van der Waals surface area contributed by atoms with Crippen LogP contribution in [0.5, 0.6) is 0 Å². The fraction of sp³-hybridized carbons (Fsp3) is 0.286. The van der Waals surface area contributed by atoms with E-state index in [9.17, 15) is 4.79 Å². The van der Waals surface area contributed by atoms with Crippen molar-refractivity contribution in [2.45, 2.75) is 18.9 Å². The van der Waals surface area contributed by atoms with Crippen LogP contribution in [0.2, 0.25) is 0 Å². The number of hydrogen-bond acceptors (Lipinski definition) is 6. The number of aromatic nitrogens is 5. The number of aryl methyl sites for hydroxylation is 1. The summed E-state index contributed by atoms with van der Waals surface area (Å²) in [6.45, 7) is 1.48. The van der Waals surface area contributed by atoms with E-state index in [0.717, 1.165) is 59.2 Å². The maximum absolute atomic E-state index is 12.5. The standard InChI is InChI=1S/C28H27N5O3/c1-32-25(17-30-31-32)21-15-24-26(29-16-21)22-9-8-20(28(34)35-2)14-23(22)33(24)27(18-6-4-3-5-7-18)19-10-12-36-13-11-19/h3-9,14-17,19,27H,10-13H2,1-2H3. The Labute approximate surface area is 208 Å². The van der Waals surface area contributed by atoms with Crippen LogP contribution in [0.3, 0.4) is 0 Å². The minimum Gasteiger partial charge on any atom is -0.465 e. The van der Waals surface area contributed by atoms with Gasteiger partial charge < -0.3 is 14.0 Å². The monoisotopic (exact) mass is 481 g/mol. The van der Waals surface area contributed by atoms with Crippen LogP contribution in [0.25, 0.3) is 33.2 Å². The van der Waals surface area contributed by atoms with Gasteiger partial charge in [0.25, 0.3) is 0 Å². The van der Waals surface area contributed by atoms with E-state index in [1.165, 1.54) is 12.7 Å². The Morgan fingerprint density at radius 1 is 1.06 bits per heavy atom. The van der Waals surface area contributed by atoms with Gasteiger partial charge in [-0.1, -0.05) is 35.5 Å². The van der Waals surface area contributed by atoms with Crippen molar-refractivity contribution in [3.63, 3.8) is 0 Å². The molecule has 2 aromatic carbocycles. The van der Waals surface area contributed by atoms with Gasteiger partial charge >= 0.3 is 5.97 Å². The number of carbonyl (C=O) groups excluding carboxylic acids is 1. The van der Waals surface area contributed by atoms with E-state index in [4.69, 9.17) is 14.5 Å². The molecule has 0 saturated carbocycles. The van der Waals surface area contributed by atoms with Crippen molar-refractivity contribution in [1.29, 1.82) is 0 Å². The van der Waals surface area contributed by atoms with Crippen LogP contribution in [0.4, 0.5) is 0 Å². The molecule has 0 amide bonds. The molecule has 8 nitrogen and oxygen atoms in total. The smallest absolute Gasteiger partial charge is 0.337 e. The van der Waals surface area contributed by atoms with E-state index in [-0.39, 0.29) is 12.0 Å². The number of rotatable bonds is 5. The lowest BCUT2D eigenvalue weighted by Gasteiger charge is -2.33. The molecule has 3 aromatic heterocycles. The highest BCUT2D eigenvalue weighted by molar-refractivity contribution is 6.08. The van der Waals surface area contributed by atoms with E-state index >= 15 is 0 Å². The van der Waals surface area contributed by atoms with Gasteiger partial charge in [-0.2, -0.15) is 0 Å². The second-order valence-electron chi connectivity index (χ2n) is 9.23. The third-order valence-corrected chi connectivity index (χ3v) is 7.20. The Hall–Kier alpha value is -4.04. The first-order valence-corrected chi connectivity index (χ1v) is 12.2. The van der Waals surface area contributed by atoms with Gasteiger partial charge in [-0.05, 0) is 48.6 Å². The van der Waals surface area contributed by atoms with E-state index in [0.29, 0.717) is 11.5 Å². The van der Waals surface area contributed by atoms with E-state index < -0.39 is 0 Å². The first kappa shape index (κ1) is 22.4. The van der Waals surface area contributed by atoms with Gasteiger partial charge in [0.1, 0.15) is 0 Å². The molecule has 6 rings (SSSR count). The highest BCUT2D eigenvalue weighted by Crippen LogP contribution is 2.41. The summed E-state index contributed by atoms with van der Waals surface area (Å²) in [6, 6.07) is 18.5. The highest BCUT2D eigenvalue weighted by atomic mass is 16.5. The van der Waals surface area contributed by atoms with Gasteiger partial charge in [-0.3, -0.25) is 4.98 Å². The normalized spacial score (nSPS) is 15.4.